The van der Waals surface area contributed by atoms with E-state index in [2.05, 4.69) is 29.2 Å². The normalized spacial score (nSPS) is 10.4. The molecule has 0 unspecified atom stereocenters. The molecule has 0 saturated heterocycles. The molecule has 2 heteroatoms. The number of nitrogens with zero attached hydrogens (tertiary/aromatic N) is 1. The highest BCUT2D eigenvalue weighted by Gasteiger charge is 2.06. The van der Waals surface area contributed by atoms with Gasteiger partial charge in [0.25, 0.3) is 0 Å². The molecular weight excluding hydrogens is 246 g/mol. The Labute approximate surface area is 118 Å². The van der Waals surface area contributed by atoms with Crippen LogP contribution in [0.2, 0.25) is 0 Å². The molecule has 1 N–H and O–H groups in total. The van der Waals surface area contributed by atoms with Crippen molar-refractivity contribution in [3.05, 3.63) is 78.5 Å². The molecule has 20 heavy (non-hydrogen) atoms. The first-order valence-electron chi connectivity index (χ1n) is 6.59. The molecule has 2 aromatic carbocycles. The topological polar surface area (TPSA) is 33.1 Å². The summed E-state index contributed by atoms with van der Waals surface area (Å²) in [5.74, 6) is 0. The van der Waals surface area contributed by atoms with Gasteiger partial charge in [0.05, 0.1) is 12.3 Å². The van der Waals surface area contributed by atoms with E-state index in [0.717, 1.165) is 22.4 Å². The van der Waals surface area contributed by atoms with Crippen molar-refractivity contribution in [2.75, 3.05) is 0 Å². The Morgan fingerprint density at radius 1 is 0.750 bits per heavy atom. The zero-order valence-corrected chi connectivity index (χ0v) is 11.0. The summed E-state index contributed by atoms with van der Waals surface area (Å²) in [7, 11) is 0. The lowest BCUT2D eigenvalue weighted by molar-refractivity contribution is 0.282. The molecule has 0 radical (unpaired) electrons. The van der Waals surface area contributed by atoms with Gasteiger partial charge in [-0.2, -0.15) is 0 Å². The third-order valence-corrected chi connectivity index (χ3v) is 3.30. The summed E-state index contributed by atoms with van der Waals surface area (Å²) in [5, 5.41) is 9.43. The van der Waals surface area contributed by atoms with Crippen LogP contribution in [0.15, 0.2) is 72.9 Å². The predicted molar refractivity (Wildman–Crippen MR) is 81.0 cm³/mol. The fourth-order valence-electron chi connectivity index (χ4n) is 2.30. The molecule has 0 atom stereocenters. The Morgan fingerprint density at radius 2 is 1.50 bits per heavy atom. The van der Waals surface area contributed by atoms with Crippen molar-refractivity contribution >= 4 is 0 Å². The number of benzene rings is 2. The van der Waals surface area contributed by atoms with Crippen molar-refractivity contribution < 1.29 is 5.11 Å². The molecule has 0 aliphatic heterocycles. The van der Waals surface area contributed by atoms with E-state index in [1.165, 1.54) is 5.56 Å². The van der Waals surface area contributed by atoms with Crippen LogP contribution in [-0.4, -0.2) is 10.1 Å². The minimum atomic E-state index is -0.00125. The minimum absolute atomic E-state index is 0.00125. The lowest BCUT2D eigenvalue weighted by atomic mass is 10.00. The van der Waals surface area contributed by atoms with E-state index >= 15 is 0 Å². The van der Waals surface area contributed by atoms with E-state index < -0.39 is 0 Å². The van der Waals surface area contributed by atoms with Crippen LogP contribution in [-0.2, 0) is 6.61 Å². The van der Waals surface area contributed by atoms with Crippen molar-refractivity contribution in [2.24, 2.45) is 0 Å². The van der Waals surface area contributed by atoms with E-state index in [4.69, 9.17) is 0 Å². The first kappa shape index (κ1) is 12.6. The number of aromatic nitrogens is 1. The highest BCUT2D eigenvalue weighted by molar-refractivity contribution is 5.72. The summed E-state index contributed by atoms with van der Waals surface area (Å²) >= 11 is 0. The SMILES string of the molecule is OCc1cccnc1-c1cccc(-c2ccccc2)c1. The van der Waals surface area contributed by atoms with Crippen molar-refractivity contribution in [1.29, 1.82) is 0 Å². The molecule has 3 rings (SSSR count). The molecule has 0 bridgehead atoms. The van der Waals surface area contributed by atoms with Crippen LogP contribution in [0.5, 0.6) is 0 Å². The zero-order chi connectivity index (χ0) is 13.8. The Balaban J connectivity index is 2.08. The summed E-state index contributed by atoms with van der Waals surface area (Å²) in [4.78, 5) is 4.39. The Hall–Kier alpha value is -2.45. The van der Waals surface area contributed by atoms with Gasteiger partial charge >= 0.3 is 0 Å². The number of pyridine rings is 1. The van der Waals surface area contributed by atoms with Crippen LogP contribution >= 0.6 is 0 Å². The monoisotopic (exact) mass is 261 g/mol. The van der Waals surface area contributed by atoms with Gasteiger partial charge < -0.3 is 5.11 Å². The van der Waals surface area contributed by atoms with Crippen LogP contribution < -0.4 is 0 Å². The second-order valence-corrected chi connectivity index (χ2v) is 4.62. The summed E-state index contributed by atoms with van der Waals surface area (Å²) in [5.41, 5.74) is 5.04. The average Bonchev–Trinajstić information content (AvgIpc) is 2.56. The Kier molecular flexibility index (Phi) is 3.57. The molecule has 2 nitrogen and oxygen atoms in total. The molecule has 0 fully saturated rings. The summed E-state index contributed by atoms with van der Waals surface area (Å²) in [6.45, 7) is -0.00125. The smallest absolute Gasteiger partial charge is 0.0757 e. The zero-order valence-electron chi connectivity index (χ0n) is 11.0. The van der Waals surface area contributed by atoms with Gasteiger partial charge in [-0.25, -0.2) is 0 Å². The van der Waals surface area contributed by atoms with Crippen LogP contribution in [0.1, 0.15) is 5.56 Å². The third kappa shape index (κ3) is 2.46. The van der Waals surface area contributed by atoms with Crippen LogP contribution in [0, 0.1) is 0 Å². The first-order chi connectivity index (χ1) is 9.88. The van der Waals surface area contributed by atoms with E-state index in [1.807, 2.05) is 42.5 Å². The third-order valence-electron chi connectivity index (χ3n) is 3.30. The van der Waals surface area contributed by atoms with E-state index in [1.54, 1.807) is 6.20 Å². The van der Waals surface area contributed by atoms with Crippen LogP contribution in [0.4, 0.5) is 0 Å². The fraction of sp³-hybridized carbons (Fsp3) is 0.0556. The van der Waals surface area contributed by atoms with Gasteiger partial charge in [0.15, 0.2) is 0 Å². The van der Waals surface area contributed by atoms with Crippen molar-refractivity contribution in [3.8, 4) is 22.4 Å². The Bertz CT molecular complexity index is 707. The Morgan fingerprint density at radius 3 is 2.30 bits per heavy atom. The van der Waals surface area contributed by atoms with Gasteiger partial charge in [-0.15, -0.1) is 0 Å². The van der Waals surface area contributed by atoms with E-state index in [0.29, 0.717) is 0 Å². The van der Waals surface area contributed by atoms with Gasteiger partial charge in [-0.3, -0.25) is 4.98 Å². The van der Waals surface area contributed by atoms with Gasteiger partial charge in [0.1, 0.15) is 0 Å². The lowest BCUT2D eigenvalue weighted by Gasteiger charge is -2.08. The van der Waals surface area contributed by atoms with Crippen molar-refractivity contribution in [2.45, 2.75) is 6.61 Å². The maximum absolute atomic E-state index is 9.43. The van der Waals surface area contributed by atoms with Gasteiger partial charge in [-0.05, 0) is 23.3 Å². The van der Waals surface area contributed by atoms with Crippen molar-refractivity contribution in [1.82, 2.24) is 4.98 Å². The fourth-order valence-corrected chi connectivity index (χ4v) is 2.30. The molecule has 98 valence electrons. The number of hydrogen-bond donors (Lipinski definition) is 1. The summed E-state index contributed by atoms with van der Waals surface area (Å²) in [6, 6.07) is 22.2. The number of hydrogen-bond acceptors (Lipinski definition) is 2. The minimum Gasteiger partial charge on any atom is -0.392 e. The number of rotatable bonds is 3. The van der Waals surface area contributed by atoms with Crippen molar-refractivity contribution in [3.63, 3.8) is 0 Å². The van der Waals surface area contributed by atoms with Gasteiger partial charge in [0.2, 0.25) is 0 Å². The van der Waals surface area contributed by atoms with Gasteiger partial charge in [0, 0.05) is 17.3 Å². The van der Waals surface area contributed by atoms with E-state index in [-0.39, 0.29) is 6.61 Å². The molecule has 0 saturated carbocycles. The van der Waals surface area contributed by atoms with Crippen LogP contribution in [0.3, 0.4) is 0 Å². The maximum Gasteiger partial charge on any atom is 0.0757 e. The summed E-state index contributed by atoms with van der Waals surface area (Å²) in [6.07, 6.45) is 1.75. The lowest BCUT2D eigenvalue weighted by Crippen LogP contribution is -1.92. The molecule has 3 aromatic rings. The predicted octanol–water partition coefficient (Wildman–Crippen LogP) is 3.91. The average molecular weight is 261 g/mol. The molecule has 0 aliphatic carbocycles. The van der Waals surface area contributed by atoms with E-state index in [9.17, 15) is 5.11 Å². The van der Waals surface area contributed by atoms with Crippen LogP contribution in [0.25, 0.3) is 22.4 Å². The summed E-state index contributed by atoms with van der Waals surface area (Å²) < 4.78 is 0. The molecule has 1 aromatic heterocycles. The standard InChI is InChI=1S/C18H15NO/c20-13-17-10-5-11-19-18(17)16-9-4-8-15(12-16)14-6-2-1-3-7-14/h1-12,20H,13H2. The quantitative estimate of drug-likeness (QED) is 0.775. The number of aliphatic hydroxyl groups is 1. The highest BCUT2D eigenvalue weighted by Crippen LogP contribution is 2.27. The molecular formula is C18H15NO. The second-order valence-electron chi connectivity index (χ2n) is 4.62. The second kappa shape index (κ2) is 5.68. The van der Waals surface area contributed by atoms with Gasteiger partial charge in [-0.1, -0.05) is 54.6 Å². The largest absolute Gasteiger partial charge is 0.392 e. The first-order valence-corrected chi connectivity index (χ1v) is 6.59. The molecule has 1 heterocycles. The molecule has 0 amide bonds. The molecule has 0 spiro atoms. The maximum atomic E-state index is 9.43. The number of aliphatic hydroxyl groups excluding tert-OH is 1. The molecule has 0 aliphatic rings. The highest BCUT2D eigenvalue weighted by atomic mass is 16.3.